The van der Waals surface area contributed by atoms with Gasteiger partial charge >= 0.3 is 0 Å². The lowest BCUT2D eigenvalue weighted by molar-refractivity contribution is -0.119. The standard InChI is InChI=1S/C18H20BrN3O3/c1-3-10-7-16(23)22-15(10)9-25-18-12-5-4-11(17(24)20-2)6-13(12)14(19)8-21-18/h4-6,8,10,15H,3,7,9H2,1-2H3,(H,20,24)(H,22,23). The lowest BCUT2D eigenvalue weighted by Crippen LogP contribution is -2.34. The van der Waals surface area contributed by atoms with Gasteiger partial charge in [-0.3, -0.25) is 9.59 Å². The molecule has 0 saturated carbocycles. The number of carbonyl (C=O) groups is 2. The van der Waals surface area contributed by atoms with Crippen molar-refractivity contribution in [2.75, 3.05) is 13.7 Å². The average Bonchev–Trinajstić information content (AvgIpc) is 3.00. The summed E-state index contributed by atoms with van der Waals surface area (Å²) in [6.07, 6.45) is 3.14. The van der Waals surface area contributed by atoms with E-state index in [4.69, 9.17) is 4.74 Å². The molecular weight excluding hydrogens is 386 g/mol. The fourth-order valence-electron chi connectivity index (χ4n) is 3.12. The number of nitrogens with zero attached hydrogens (tertiary/aromatic N) is 1. The molecule has 1 saturated heterocycles. The number of fused-ring (bicyclic) bond motifs is 1. The molecule has 2 aromatic rings. The fraction of sp³-hybridized carbons (Fsp3) is 0.389. The monoisotopic (exact) mass is 405 g/mol. The third kappa shape index (κ3) is 3.61. The van der Waals surface area contributed by atoms with Crippen LogP contribution in [0.2, 0.25) is 0 Å². The van der Waals surface area contributed by atoms with E-state index in [9.17, 15) is 9.59 Å². The molecule has 1 fully saturated rings. The molecule has 1 aromatic heterocycles. The lowest BCUT2D eigenvalue weighted by Gasteiger charge is -2.18. The van der Waals surface area contributed by atoms with Crippen LogP contribution in [0.15, 0.2) is 28.9 Å². The van der Waals surface area contributed by atoms with Gasteiger partial charge in [0, 0.05) is 40.5 Å². The van der Waals surface area contributed by atoms with Crippen LogP contribution in [0.4, 0.5) is 0 Å². The van der Waals surface area contributed by atoms with Crippen molar-refractivity contribution in [3.05, 3.63) is 34.4 Å². The number of pyridine rings is 1. The number of aromatic nitrogens is 1. The minimum Gasteiger partial charge on any atom is -0.475 e. The van der Waals surface area contributed by atoms with E-state index in [0.29, 0.717) is 24.5 Å². The van der Waals surface area contributed by atoms with E-state index in [1.54, 1.807) is 25.4 Å². The highest BCUT2D eigenvalue weighted by Crippen LogP contribution is 2.31. The minimum atomic E-state index is -0.146. The number of amides is 2. The van der Waals surface area contributed by atoms with Crippen molar-refractivity contribution in [3.8, 4) is 5.88 Å². The van der Waals surface area contributed by atoms with Crippen LogP contribution in [0.1, 0.15) is 30.1 Å². The molecule has 3 rings (SSSR count). The number of rotatable bonds is 5. The summed E-state index contributed by atoms with van der Waals surface area (Å²) in [5.41, 5.74) is 0.571. The SMILES string of the molecule is CCC1CC(=O)NC1COc1ncc(Br)c2cc(C(=O)NC)ccc12. The van der Waals surface area contributed by atoms with Gasteiger partial charge in [-0.05, 0) is 40.0 Å². The van der Waals surface area contributed by atoms with Crippen molar-refractivity contribution in [2.24, 2.45) is 5.92 Å². The van der Waals surface area contributed by atoms with Crippen molar-refractivity contribution in [1.29, 1.82) is 0 Å². The van der Waals surface area contributed by atoms with Crippen LogP contribution < -0.4 is 15.4 Å². The van der Waals surface area contributed by atoms with Gasteiger partial charge in [0.2, 0.25) is 11.8 Å². The van der Waals surface area contributed by atoms with Gasteiger partial charge in [0.15, 0.2) is 0 Å². The van der Waals surface area contributed by atoms with E-state index in [1.807, 2.05) is 6.07 Å². The molecule has 1 aliphatic rings. The maximum Gasteiger partial charge on any atom is 0.251 e. The Morgan fingerprint density at radius 1 is 1.44 bits per heavy atom. The van der Waals surface area contributed by atoms with Crippen LogP contribution in [-0.4, -0.2) is 36.5 Å². The summed E-state index contributed by atoms with van der Waals surface area (Å²) in [5.74, 6) is 0.712. The zero-order valence-electron chi connectivity index (χ0n) is 14.1. The van der Waals surface area contributed by atoms with E-state index in [-0.39, 0.29) is 23.8 Å². The molecule has 2 heterocycles. The Morgan fingerprint density at radius 2 is 2.24 bits per heavy atom. The van der Waals surface area contributed by atoms with Crippen LogP contribution in [0.3, 0.4) is 0 Å². The first-order valence-corrected chi connectivity index (χ1v) is 9.05. The molecular formula is C18H20BrN3O3. The van der Waals surface area contributed by atoms with Gasteiger partial charge in [0.25, 0.3) is 5.91 Å². The largest absolute Gasteiger partial charge is 0.475 e. The number of hydrogen-bond donors (Lipinski definition) is 2. The van der Waals surface area contributed by atoms with Crippen molar-refractivity contribution < 1.29 is 14.3 Å². The molecule has 25 heavy (non-hydrogen) atoms. The maximum absolute atomic E-state index is 11.8. The second kappa shape index (κ2) is 7.39. The van der Waals surface area contributed by atoms with Crippen molar-refractivity contribution >= 4 is 38.5 Å². The minimum absolute atomic E-state index is 0.00291. The molecule has 2 atom stereocenters. The zero-order valence-corrected chi connectivity index (χ0v) is 15.7. The molecule has 2 N–H and O–H groups in total. The predicted molar refractivity (Wildman–Crippen MR) is 98.7 cm³/mol. The summed E-state index contributed by atoms with van der Waals surface area (Å²) in [6.45, 7) is 2.46. The molecule has 0 spiro atoms. The summed E-state index contributed by atoms with van der Waals surface area (Å²) in [7, 11) is 1.60. The summed E-state index contributed by atoms with van der Waals surface area (Å²) >= 11 is 3.48. The Labute approximate surface area is 154 Å². The van der Waals surface area contributed by atoms with Crippen molar-refractivity contribution in [2.45, 2.75) is 25.8 Å². The van der Waals surface area contributed by atoms with Crippen LogP contribution in [0.25, 0.3) is 10.8 Å². The van der Waals surface area contributed by atoms with Gasteiger partial charge in [0.1, 0.15) is 6.61 Å². The van der Waals surface area contributed by atoms with E-state index in [2.05, 4.69) is 38.5 Å². The summed E-state index contributed by atoms with van der Waals surface area (Å²) in [6, 6.07) is 5.38. The number of ether oxygens (including phenoxy) is 1. The van der Waals surface area contributed by atoms with Crippen molar-refractivity contribution in [1.82, 2.24) is 15.6 Å². The summed E-state index contributed by atoms with van der Waals surface area (Å²) in [4.78, 5) is 27.8. The fourth-order valence-corrected chi connectivity index (χ4v) is 3.55. The molecule has 0 bridgehead atoms. The topological polar surface area (TPSA) is 80.3 Å². The van der Waals surface area contributed by atoms with Gasteiger partial charge in [-0.15, -0.1) is 0 Å². The Bertz CT molecular complexity index is 825. The Hall–Kier alpha value is -2.15. The maximum atomic E-state index is 11.8. The first-order valence-electron chi connectivity index (χ1n) is 8.26. The van der Waals surface area contributed by atoms with Gasteiger partial charge in [-0.2, -0.15) is 0 Å². The highest BCUT2D eigenvalue weighted by Gasteiger charge is 2.31. The average molecular weight is 406 g/mol. The van der Waals surface area contributed by atoms with Crippen molar-refractivity contribution in [3.63, 3.8) is 0 Å². The number of nitrogens with one attached hydrogen (secondary N) is 2. The normalized spacial score (nSPS) is 19.7. The highest BCUT2D eigenvalue weighted by atomic mass is 79.9. The third-order valence-corrected chi connectivity index (χ3v) is 5.21. The predicted octanol–water partition coefficient (Wildman–Crippen LogP) is 2.65. The third-order valence-electron chi connectivity index (χ3n) is 4.58. The van der Waals surface area contributed by atoms with Crippen LogP contribution in [0.5, 0.6) is 5.88 Å². The smallest absolute Gasteiger partial charge is 0.251 e. The molecule has 2 amide bonds. The zero-order chi connectivity index (χ0) is 18.0. The molecule has 1 aliphatic heterocycles. The van der Waals surface area contributed by atoms with Crippen LogP contribution >= 0.6 is 15.9 Å². The first kappa shape index (κ1) is 17.7. The van der Waals surface area contributed by atoms with Gasteiger partial charge in [0.05, 0.1) is 6.04 Å². The molecule has 132 valence electrons. The number of carbonyl (C=O) groups excluding carboxylic acids is 2. The first-order chi connectivity index (χ1) is 12.0. The number of benzene rings is 1. The Kier molecular flexibility index (Phi) is 5.22. The number of hydrogen-bond acceptors (Lipinski definition) is 4. The van der Waals surface area contributed by atoms with E-state index < -0.39 is 0 Å². The van der Waals surface area contributed by atoms with Gasteiger partial charge < -0.3 is 15.4 Å². The van der Waals surface area contributed by atoms with Crippen LogP contribution in [0, 0.1) is 5.92 Å². The van der Waals surface area contributed by atoms with Gasteiger partial charge in [-0.25, -0.2) is 4.98 Å². The Morgan fingerprint density at radius 3 is 2.96 bits per heavy atom. The molecule has 6 nitrogen and oxygen atoms in total. The number of halogens is 1. The van der Waals surface area contributed by atoms with Gasteiger partial charge in [-0.1, -0.05) is 13.3 Å². The molecule has 1 aromatic carbocycles. The van der Waals surface area contributed by atoms with E-state index >= 15 is 0 Å². The van der Waals surface area contributed by atoms with E-state index in [0.717, 1.165) is 21.7 Å². The Balaban J connectivity index is 1.86. The molecule has 2 unspecified atom stereocenters. The summed E-state index contributed by atoms with van der Waals surface area (Å²) < 4.78 is 6.71. The summed E-state index contributed by atoms with van der Waals surface area (Å²) in [5, 5.41) is 7.25. The molecule has 0 aliphatic carbocycles. The van der Waals surface area contributed by atoms with Crippen LogP contribution in [-0.2, 0) is 4.79 Å². The second-order valence-electron chi connectivity index (χ2n) is 6.11. The molecule has 7 heteroatoms. The highest BCUT2D eigenvalue weighted by molar-refractivity contribution is 9.10. The van der Waals surface area contributed by atoms with E-state index in [1.165, 1.54) is 0 Å². The second-order valence-corrected chi connectivity index (χ2v) is 6.96. The lowest BCUT2D eigenvalue weighted by atomic mass is 9.98. The molecule has 0 radical (unpaired) electrons. The quantitative estimate of drug-likeness (QED) is 0.800.